The molecule has 1 aromatic carbocycles. The van der Waals surface area contributed by atoms with Crippen LogP contribution in [0.1, 0.15) is 25.3 Å². The number of thioether (sulfide) groups is 1. The summed E-state index contributed by atoms with van der Waals surface area (Å²) in [5, 5.41) is 5.67. The van der Waals surface area contributed by atoms with Crippen LogP contribution >= 0.6 is 11.8 Å². The molecule has 2 amide bonds. The van der Waals surface area contributed by atoms with Crippen LogP contribution in [0, 0.1) is 0 Å². The number of aromatic nitrogens is 1. The molecule has 0 unspecified atom stereocenters. The highest BCUT2D eigenvalue weighted by atomic mass is 32.2. The lowest BCUT2D eigenvalue weighted by Crippen LogP contribution is -2.15. The number of anilines is 2. The van der Waals surface area contributed by atoms with Crippen molar-refractivity contribution in [2.75, 3.05) is 16.4 Å². The van der Waals surface area contributed by atoms with Crippen LogP contribution in [0.3, 0.4) is 0 Å². The summed E-state index contributed by atoms with van der Waals surface area (Å²) in [6.45, 7) is 1.96. The van der Waals surface area contributed by atoms with Gasteiger partial charge < -0.3 is 10.6 Å². The zero-order chi connectivity index (χ0) is 17.2. The molecule has 2 N–H and O–H groups in total. The van der Waals surface area contributed by atoms with E-state index in [1.807, 2.05) is 19.1 Å². The molecule has 126 valence electrons. The number of rotatable bonds is 8. The Bertz CT molecular complexity index is 677. The van der Waals surface area contributed by atoms with Crippen molar-refractivity contribution in [3.63, 3.8) is 0 Å². The fraction of sp³-hybridized carbons (Fsp3) is 0.278. The average molecular weight is 343 g/mol. The second kappa shape index (κ2) is 9.72. The normalized spacial score (nSPS) is 10.2. The zero-order valence-corrected chi connectivity index (χ0v) is 14.4. The SMILES string of the molecule is CCCC(=O)Nc1cccc(NC(=O)CSCc2ccncc2)c1. The summed E-state index contributed by atoms with van der Waals surface area (Å²) in [7, 11) is 0. The van der Waals surface area contributed by atoms with Crippen molar-refractivity contribution < 1.29 is 9.59 Å². The van der Waals surface area contributed by atoms with Crippen LogP contribution in [0.5, 0.6) is 0 Å². The third kappa shape index (κ3) is 6.42. The molecule has 0 radical (unpaired) electrons. The number of carbonyl (C=O) groups is 2. The summed E-state index contributed by atoms with van der Waals surface area (Å²) in [6, 6.07) is 11.1. The molecule has 0 aliphatic heterocycles. The van der Waals surface area contributed by atoms with E-state index in [9.17, 15) is 9.59 Å². The molecule has 0 saturated heterocycles. The maximum absolute atomic E-state index is 12.0. The Labute approximate surface area is 146 Å². The molecule has 0 bridgehead atoms. The van der Waals surface area contributed by atoms with Crippen molar-refractivity contribution in [3.05, 3.63) is 54.4 Å². The van der Waals surface area contributed by atoms with E-state index in [4.69, 9.17) is 0 Å². The Kier molecular flexibility index (Phi) is 7.29. The number of amides is 2. The maximum atomic E-state index is 12.0. The minimum Gasteiger partial charge on any atom is -0.326 e. The maximum Gasteiger partial charge on any atom is 0.234 e. The van der Waals surface area contributed by atoms with Gasteiger partial charge in [-0.3, -0.25) is 14.6 Å². The number of hydrogen-bond acceptors (Lipinski definition) is 4. The molecule has 5 nitrogen and oxygen atoms in total. The number of carbonyl (C=O) groups excluding carboxylic acids is 2. The molecule has 2 rings (SSSR count). The summed E-state index contributed by atoms with van der Waals surface area (Å²) in [5.74, 6) is 1.05. The van der Waals surface area contributed by atoms with Crippen LogP contribution in [0.25, 0.3) is 0 Å². The highest BCUT2D eigenvalue weighted by Gasteiger charge is 2.05. The molecule has 0 aliphatic carbocycles. The van der Waals surface area contributed by atoms with Crippen LogP contribution < -0.4 is 10.6 Å². The Balaban J connectivity index is 1.79. The first kappa shape index (κ1) is 18.0. The molecule has 0 spiro atoms. The quantitative estimate of drug-likeness (QED) is 0.767. The lowest BCUT2D eigenvalue weighted by Gasteiger charge is -2.08. The van der Waals surface area contributed by atoms with Crippen molar-refractivity contribution >= 4 is 35.0 Å². The van der Waals surface area contributed by atoms with Crippen molar-refractivity contribution in [3.8, 4) is 0 Å². The molecule has 1 heterocycles. The van der Waals surface area contributed by atoms with Crippen molar-refractivity contribution in [1.82, 2.24) is 4.98 Å². The van der Waals surface area contributed by atoms with Gasteiger partial charge >= 0.3 is 0 Å². The highest BCUT2D eigenvalue weighted by molar-refractivity contribution is 7.99. The van der Waals surface area contributed by atoms with Gasteiger partial charge in [0.15, 0.2) is 0 Å². The molecular weight excluding hydrogens is 322 g/mol. The van der Waals surface area contributed by atoms with Crippen LogP contribution in [0.2, 0.25) is 0 Å². The van der Waals surface area contributed by atoms with Gasteiger partial charge in [-0.25, -0.2) is 0 Å². The molecule has 0 fully saturated rings. The van der Waals surface area contributed by atoms with E-state index in [0.29, 0.717) is 23.5 Å². The smallest absolute Gasteiger partial charge is 0.234 e. The number of pyridine rings is 1. The Morgan fingerprint density at radius 2 is 1.71 bits per heavy atom. The minimum absolute atomic E-state index is 0.0196. The molecule has 0 saturated carbocycles. The molecule has 2 aromatic rings. The van der Waals surface area contributed by atoms with E-state index in [1.54, 1.807) is 48.4 Å². The van der Waals surface area contributed by atoms with Gasteiger partial charge in [0.1, 0.15) is 0 Å². The van der Waals surface area contributed by atoms with Gasteiger partial charge in [-0.05, 0) is 42.3 Å². The van der Waals surface area contributed by atoms with Gasteiger partial charge in [0.05, 0.1) is 5.75 Å². The number of hydrogen-bond donors (Lipinski definition) is 2. The average Bonchev–Trinajstić information content (AvgIpc) is 2.56. The second-order valence-electron chi connectivity index (χ2n) is 5.28. The van der Waals surface area contributed by atoms with E-state index < -0.39 is 0 Å². The molecular formula is C18H21N3O2S. The second-order valence-corrected chi connectivity index (χ2v) is 6.26. The number of nitrogens with one attached hydrogen (secondary N) is 2. The summed E-state index contributed by atoms with van der Waals surface area (Å²) in [6.07, 6.45) is 4.78. The minimum atomic E-state index is -0.0638. The van der Waals surface area contributed by atoms with Crippen LogP contribution in [-0.4, -0.2) is 22.6 Å². The van der Waals surface area contributed by atoms with Crippen LogP contribution in [-0.2, 0) is 15.3 Å². The molecule has 24 heavy (non-hydrogen) atoms. The fourth-order valence-electron chi connectivity index (χ4n) is 2.06. The summed E-state index contributed by atoms with van der Waals surface area (Å²) in [4.78, 5) is 27.6. The van der Waals surface area contributed by atoms with Crippen LogP contribution in [0.4, 0.5) is 11.4 Å². The first-order valence-electron chi connectivity index (χ1n) is 7.84. The Morgan fingerprint density at radius 1 is 1.04 bits per heavy atom. The van der Waals surface area contributed by atoms with Crippen molar-refractivity contribution in [2.45, 2.75) is 25.5 Å². The van der Waals surface area contributed by atoms with Gasteiger partial charge in [-0.1, -0.05) is 13.0 Å². The lowest BCUT2D eigenvalue weighted by atomic mass is 10.2. The van der Waals surface area contributed by atoms with Gasteiger partial charge in [-0.15, -0.1) is 11.8 Å². The topological polar surface area (TPSA) is 71.1 Å². The summed E-state index contributed by atoms with van der Waals surface area (Å²) in [5.41, 5.74) is 2.51. The Hall–Kier alpha value is -2.34. The predicted molar refractivity (Wildman–Crippen MR) is 99.0 cm³/mol. The van der Waals surface area contributed by atoms with Gasteiger partial charge in [-0.2, -0.15) is 0 Å². The van der Waals surface area contributed by atoms with Gasteiger partial charge in [0, 0.05) is 35.9 Å². The number of benzene rings is 1. The Morgan fingerprint density at radius 3 is 2.38 bits per heavy atom. The van der Waals surface area contributed by atoms with E-state index >= 15 is 0 Å². The first-order valence-corrected chi connectivity index (χ1v) is 8.99. The third-order valence-corrected chi connectivity index (χ3v) is 4.16. The molecule has 1 aromatic heterocycles. The largest absolute Gasteiger partial charge is 0.326 e. The zero-order valence-electron chi connectivity index (χ0n) is 13.6. The summed E-state index contributed by atoms with van der Waals surface area (Å²) < 4.78 is 0. The number of nitrogens with zero attached hydrogens (tertiary/aromatic N) is 1. The van der Waals surface area contributed by atoms with E-state index in [0.717, 1.165) is 17.7 Å². The molecule has 0 aliphatic rings. The van der Waals surface area contributed by atoms with E-state index in [2.05, 4.69) is 15.6 Å². The summed E-state index contributed by atoms with van der Waals surface area (Å²) >= 11 is 1.55. The van der Waals surface area contributed by atoms with E-state index in [1.165, 1.54) is 0 Å². The first-order chi connectivity index (χ1) is 11.7. The standard InChI is InChI=1S/C18H21N3O2S/c1-2-4-17(22)20-15-5-3-6-16(11-15)21-18(23)13-24-12-14-7-9-19-10-8-14/h3,5-11H,2,4,12-13H2,1H3,(H,20,22)(H,21,23). The van der Waals surface area contributed by atoms with Crippen molar-refractivity contribution in [2.24, 2.45) is 0 Å². The van der Waals surface area contributed by atoms with Gasteiger partial charge in [0.2, 0.25) is 11.8 Å². The predicted octanol–water partition coefficient (Wildman–Crippen LogP) is 3.69. The molecule has 6 heteroatoms. The highest BCUT2D eigenvalue weighted by Crippen LogP contribution is 2.17. The van der Waals surface area contributed by atoms with E-state index in [-0.39, 0.29) is 11.8 Å². The molecule has 0 atom stereocenters. The lowest BCUT2D eigenvalue weighted by molar-refractivity contribution is -0.116. The van der Waals surface area contributed by atoms with Crippen LogP contribution in [0.15, 0.2) is 48.8 Å². The fourth-order valence-corrected chi connectivity index (χ4v) is 2.85. The third-order valence-electron chi connectivity index (χ3n) is 3.16. The van der Waals surface area contributed by atoms with Crippen molar-refractivity contribution in [1.29, 1.82) is 0 Å². The van der Waals surface area contributed by atoms with Gasteiger partial charge in [0.25, 0.3) is 0 Å². The monoisotopic (exact) mass is 343 g/mol.